The lowest BCUT2D eigenvalue weighted by Crippen LogP contribution is -2.27. The van der Waals surface area contributed by atoms with Crippen molar-refractivity contribution in [1.82, 2.24) is 0 Å². The zero-order valence-corrected chi connectivity index (χ0v) is 17.8. The summed E-state index contributed by atoms with van der Waals surface area (Å²) < 4.78 is 28.2. The molecule has 3 rings (SSSR count). The molecule has 0 saturated heterocycles. The highest BCUT2D eigenvalue weighted by Crippen LogP contribution is 2.31. The van der Waals surface area contributed by atoms with Crippen LogP contribution in [0.1, 0.15) is 33.3 Å². The van der Waals surface area contributed by atoms with Crippen LogP contribution in [0.2, 0.25) is 0 Å². The normalized spacial score (nSPS) is 13.7. The van der Waals surface area contributed by atoms with Crippen molar-refractivity contribution >= 4 is 38.9 Å². The molecule has 8 heteroatoms. The Balaban J connectivity index is 1.81. The lowest BCUT2D eigenvalue weighted by atomic mass is 9.95. The van der Waals surface area contributed by atoms with Crippen molar-refractivity contribution in [2.45, 2.75) is 39.0 Å². The van der Waals surface area contributed by atoms with E-state index >= 15 is 0 Å². The van der Waals surface area contributed by atoms with Gasteiger partial charge in [-0.1, -0.05) is 26.8 Å². The summed E-state index contributed by atoms with van der Waals surface area (Å²) in [6.45, 7) is 7.45. The first-order valence-corrected chi connectivity index (χ1v) is 10.8. The number of sulfonamides is 1. The van der Waals surface area contributed by atoms with Crippen molar-refractivity contribution in [3.8, 4) is 0 Å². The van der Waals surface area contributed by atoms with Gasteiger partial charge < -0.3 is 10.2 Å². The summed E-state index contributed by atoms with van der Waals surface area (Å²) in [4.78, 5) is 25.6. The average molecular weight is 416 g/mol. The third-order valence-corrected chi connectivity index (χ3v) is 6.07. The highest BCUT2D eigenvalue weighted by Gasteiger charge is 2.25. The van der Waals surface area contributed by atoms with E-state index in [9.17, 15) is 18.0 Å². The van der Waals surface area contributed by atoms with Crippen LogP contribution in [0.15, 0.2) is 47.4 Å². The van der Waals surface area contributed by atoms with Crippen molar-refractivity contribution in [2.75, 3.05) is 21.5 Å². The summed E-state index contributed by atoms with van der Waals surface area (Å²) in [5.41, 5.74) is 1.88. The van der Waals surface area contributed by atoms with E-state index in [4.69, 9.17) is 0 Å². The molecule has 7 nitrogen and oxygen atoms in total. The van der Waals surface area contributed by atoms with E-state index in [0.29, 0.717) is 24.3 Å². The highest BCUT2D eigenvalue weighted by atomic mass is 32.2. The molecule has 0 unspecified atom stereocenters. The summed E-state index contributed by atoms with van der Waals surface area (Å²) >= 11 is 0. The molecule has 0 radical (unpaired) electrons. The van der Waals surface area contributed by atoms with Gasteiger partial charge in [-0.25, -0.2) is 8.42 Å². The van der Waals surface area contributed by atoms with Gasteiger partial charge in [-0.05, 0) is 48.4 Å². The molecule has 0 aromatic heterocycles. The van der Waals surface area contributed by atoms with Crippen LogP contribution in [0.3, 0.4) is 0 Å². The maximum Gasteiger partial charge on any atom is 0.261 e. The maximum absolute atomic E-state index is 12.8. The fraction of sp³-hybridized carbons (Fsp3) is 0.333. The molecule has 2 N–H and O–H groups in total. The molecule has 154 valence electrons. The molecule has 29 heavy (non-hydrogen) atoms. The van der Waals surface area contributed by atoms with E-state index in [0.717, 1.165) is 11.3 Å². The second kappa shape index (κ2) is 7.51. The van der Waals surface area contributed by atoms with E-state index < -0.39 is 15.4 Å². The minimum absolute atomic E-state index is 0.0633. The van der Waals surface area contributed by atoms with Crippen molar-refractivity contribution in [3.05, 3.63) is 48.0 Å². The number of nitrogens with zero attached hydrogens (tertiary/aromatic N) is 1. The topological polar surface area (TPSA) is 95.6 Å². The van der Waals surface area contributed by atoms with Gasteiger partial charge in [0.15, 0.2) is 0 Å². The molecule has 0 saturated carbocycles. The summed E-state index contributed by atoms with van der Waals surface area (Å²) in [7, 11) is -3.81. The van der Waals surface area contributed by atoms with E-state index in [1.54, 1.807) is 62.1 Å². The highest BCUT2D eigenvalue weighted by molar-refractivity contribution is 7.92. The first-order valence-electron chi connectivity index (χ1n) is 9.33. The molecule has 0 fully saturated rings. The molecule has 2 aromatic rings. The zero-order chi connectivity index (χ0) is 21.4. The van der Waals surface area contributed by atoms with Crippen molar-refractivity contribution in [2.24, 2.45) is 5.41 Å². The zero-order valence-electron chi connectivity index (χ0n) is 16.9. The number of nitrogens with one attached hydrogen (secondary N) is 2. The number of hydrogen-bond donors (Lipinski definition) is 2. The fourth-order valence-corrected chi connectivity index (χ4v) is 4.17. The number of hydrogen-bond acceptors (Lipinski definition) is 4. The number of anilines is 3. The summed E-state index contributed by atoms with van der Waals surface area (Å²) in [5.74, 6) is -0.224. The number of amides is 2. The first-order chi connectivity index (χ1) is 13.5. The molecule has 1 heterocycles. The van der Waals surface area contributed by atoms with Crippen LogP contribution in [0, 0.1) is 5.41 Å². The van der Waals surface area contributed by atoms with Crippen LogP contribution >= 0.6 is 0 Å². The minimum Gasteiger partial charge on any atom is -0.326 e. The fourth-order valence-electron chi connectivity index (χ4n) is 3.07. The van der Waals surface area contributed by atoms with Gasteiger partial charge in [0.2, 0.25) is 11.8 Å². The van der Waals surface area contributed by atoms with Gasteiger partial charge in [-0.3, -0.25) is 14.3 Å². The van der Waals surface area contributed by atoms with Gasteiger partial charge >= 0.3 is 0 Å². The smallest absolute Gasteiger partial charge is 0.261 e. The predicted octanol–water partition coefficient (Wildman–Crippen LogP) is 3.38. The Morgan fingerprint density at radius 2 is 1.72 bits per heavy atom. The third kappa shape index (κ3) is 4.59. The molecular weight excluding hydrogens is 390 g/mol. The van der Waals surface area contributed by atoms with E-state index in [-0.39, 0.29) is 16.7 Å². The number of carbonyl (C=O) groups is 2. The molecule has 0 spiro atoms. The van der Waals surface area contributed by atoms with E-state index in [2.05, 4.69) is 10.0 Å². The quantitative estimate of drug-likeness (QED) is 0.800. The number of benzene rings is 2. The molecular formula is C21H25N3O4S. The van der Waals surface area contributed by atoms with Crippen LogP contribution in [0.5, 0.6) is 0 Å². The Bertz CT molecular complexity index is 1070. The molecule has 0 bridgehead atoms. The van der Waals surface area contributed by atoms with Gasteiger partial charge in [0, 0.05) is 30.3 Å². The summed E-state index contributed by atoms with van der Waals surface area (Å²) in [6.07, 6.45) is 0.618. The Morgan fingerprint density at radius 3 is 2.38 bits per heavy atom. The van der Waals surface area contributed by atoms with Crippen molar-refractivity contribution < 1.29 is 18.0 Å². The van der Waals surface area contributed by atoms with Crippen molar-refractivity contribution in [1.29, 1.82) is 0 Å². The second-order valence-corrected chi connectivity index (χ2v) is 9.78. The van der Waals surface area contributed by atoms with Gasteiger partial charge in [0.05, 0.1) is 10.6 Å². The molecule has 0 atom stereocenters. The third-order valence-electron chi connectivity index (χ3n) is 4.69. The van der Waals surface area contributed by atoms with Crippen LogP contribution < -0.4 is 14.9 Å². The number of carbonyl (C=O) groups excluding carboxylic acids is 2. The van der Waals surface area contributed by atoms with E-state index in [1.165, 1.54) is 13.0 Å². The van der Waals surface area contributed by atoms with Crippen LogP contribution in [-0.2, 0) is 26.0 Å². The maximum atomic E-state index is 12.8. The molecule has 2 amide bonds. The lowest BCUT2D eigenvalue weighted by Gasteiger charge is -2.18. The molecule has 1 aliphatic heterocycles. The number of fused-ring (bicyclic) bond motifs is 1. The molecule has 2 aromatic carbocycles. The Kier molecular flexibility index (Phi) is 5.40. The summed E-state index contributed by atoms with van der Waals surface area (Å²) in [6, 6.07) is 11.3. The summed E-state index contributed by atoms with van der Waals surface area (Å²) in [5, 5.41) is 2.79. The monoisotopic (exact) mass is 415 g/mol. The Labute approximate surface area is 171 Å². The lowest BCUT2D eigenvalue weighted by molar-refractivity contribution is -0.123. The Morgan fingerprint density at radius 1 is 1.03 bits per heavy atom. The van der Waals surface area contributed by atoms with Crippen LogP contribution in [-0.4, -0.2) is 26.8 Å². The van der Waals surface area contributed by atoms with Crippen LogP contribution in [0.25, 0.3) is 0 Å². The largest absolute Gasteiger partial charge is 0.326 e. The second-order valence-electron chi connectivity index (χ2n) is 8.10. The first kappa shape index (κ1) is 20.9. The predicted molar refractivity (Wildman–Crippen MR) is 114 cm³/mol. The Hall–Kier alpha value is -2.87. The SMILES string of the molecule is CC(=O)N1CCc2cc(S(=O)(=O)Nc3cccc(NC(=O)C(C)(C)C)c3)ccc21. The van der Waals surface area contributed by atoms with Gasteiger partial charge in [0.1, 0.15) is 0 Å². The van der Waals surface area contributed by atoms with Gasteiger partial charge in [0.25, 0.3) is 10.0 Å². The molecule has 1 aliphatic rings. The van der Waals surface area contributed by atoms with Gasteiger partial charge in [-0.15, -0.1) is 0 Å². The molecule has 0 aliphatic carbocycles. The van der Waals surface area contributed by atoms with Crippen LogP contribution in [0.4, 0.5) is 17.1 Å². The average Bonchev–Trinajstić information content (AvgIpc) is 3.04. The standard InChI is InChI=1S/C21H25N3O4S/c1-14(25)24-11-10-15-12-18(8-9-19(15)24)29(27,28)23-17-7-5-6-16(13-17)22-20(26)21(2,3)4/h5-9,12-13,23H,10-11H2,1-4H3,(H,22,26). The van der Waals surface area contributed by atoms with Gasteiger partial charge in [-0.2, -0.15) is 0 Å². The minimum atomic E-state index is -3.81. The van der Waals surface area contributed by atoms with Crippen molar-refractivity contribution in [3.63, 3.8) is 0 Å². The number of rotatable bonds is 4. The van der Waals surface area contributed by atoms with E-state index in [1.807, 2.05) is 0 Å².